The van der Waals surface area contributed by atoms with E-state index in [1.807, 2.05) is 72.8 Å². The zero-order chi connectivity index (χ0) is 42.9. The quantitative estimate of drug-likeness (QED) is 0.0501. The summed E-state index contributed by atoms with van der Waals surface area (Å²) >= 11 is 0. The lowest BCUT2D eigenvalue weighted by Crippen LogP contribution is -2.63. The number of likely N-dealkylation sites (tertiary alicyclic amines) is 2. The van der Waals surface area contributed by atoms with Crippen LogP contribution in [0.15, 0.2) is 72.8 Å². The second kappa shape index (κ2) is 17.8. The van der Waals surface area contributed by atoms with E-state index in [9.17, 15) is 33.6 Å². The number of carboxylic acids is 1. The molecule has 10 N–H and O–H groups in total. The summed E-state index contributed by atoms with van der Waals surface area (Å²) in [5.41, 5.74) is 13.7. The number of hydrogen-bond donors (Lipinski definition) is 8. The van der Waals surface area contributed by atoms with Crippen molar-refractivity contribution < 1.29 is 73.7 Å². The lowest BCUT2D eigenvalue weighted by Gasteiger charge is -2.60. The van der Waals surface area contributed by atoms with Crippen molar-refractivity contribution in [2.24, 2.45) is 58.8 Å². The van der Waals surface area contributed by atoms with Gasteiger partial charge in [-0.15, -0.1) is 0 Å². The van der Waals surface area contributed by atoms with Gasteiger partial charge in [-0.25, -0.2) is 14.6 Å². The highest BCUT2D eigenvalue weighted by molar-refractivity contribution is 6.09. The number of aliphatic carboxylic acids is 1. The van der Waals surface area contributed by atoms with Gasteiger partial charge >= 0.3 is 17.9 Å². The van der Waals surface area contributed by atoms with Crippen molar-refractivity contribution >= 4 is 41.5 Å². The highest BCUT2D eigenvalue weighted by atomic mass is 16.6. The van der Waals surface area contributed by atoms with Gasteiger partial charge in [0.1, 0.15) is 30.4 Å². The van der Waals surface area contributed by atoms with Gasteiger partial charge in [0.25, 0.3) is 0 Å². The number of benzene rings is 2. The van der Waals surface area contributed by atoms with Crippen molar-refractivity contribution in [3.63, 3.8) is 0 Å². The van der Waals surface area contributed by atoms with Gasteiger partial charge in [0.2, 0.25) is 23.6 Å². The average molecular weight is 823 g/mol. The molecule has 2 aromatic carbocycles. The van der Waals surface area contributed by atoms with E-state index in [1.165, 1.54) is 0 Å². The molecule has 2 heterocycles. The number of imide groups is 2. The number of nitrogens with two attached hydrogens (primary N) is 2. The lowest BCUT2D eigenvalue weighted by molar-refractivity contribution is -0.166. The molecule has 2 saturated carbocycles. The van der Waals surface area contributed by atoms with Crippen LogP contribution in [0.5, 0.6) is 0 Å². The smallest absolute Gasteiger partial charge is 0.335 e. The monoisotopic (exact) mass is 822 g/mol. The maximum Gasteiger partial charge on any atom is 0.335 e. The topological polar surface area (TPSA) is 318 Å². The number of fused-ring (bicyclic) bond motifs is 1. The maximum atomic E-state index is 13.6. The number of carboxylic acid groups (broad SMARTS) is 1. The molecule has 6 aliphatic rings. The van der Waals surface area contributed by atoms with E-state index in [4.69, 9.17) is 51.6 Å². The minimum Gasteiger partial charge on any atom is -0.479 e. The molecule has 2 bridgehead atoms. The van der Waals surface area contributed by atoms with Gasteiger partial charge in [-0.2, -0.15) is 0 Å². The number of aliphatic hydroxyl groups is 5. The molecule has 4 fully saturated rings. The zero-order valence-corrected chi connectivity index (χ0v) is 31.5. The van der Waals surface area contributed by atoms with Crippen LogP contribution in [0, 0.1) is 47.3 Å². The predicted molar refractivity (Wildman–Crippen MR) is 198 cm³/mol. The van der Waals surface area contributed by atoms with Crippen LogP contribution in [0.3, 0.4) is 0 Å². The summed E-state index contributed by atoms with van der Waals surface area (Å²) in [7, 11) is 0. The van der Waals surface area contributed by atoms with Crippen LogP contribution in [0.4, 0.5) is 0 Å². The summed E-state index contributed by atoms with van der Waals surface area (Å²) in [5, 5.41) is 51.8. The van der Waals surface area contributed by atoms with Gasteiger partial charge in [0.15, 0.2) is 19.6 Å². The van der Waals surface area contributed by atoms with E-state index in [0.717, 1.165) is 20.9 Å². The summed E-state index contributed by atoms with van der Waals surface area (Å²) in [4.78, 5) is 91.3. The summed E-state index contributed by atoms with van der Waals surface area (Å²) in [6.07, 6.45) is -3.60. The Morgan fingerprint density at radius 2 is 0.983 bits per heavy atom. The normalized spacial score (nSPS) is 29.1. The van der Waals surface area contributed by atoms with Crippen LogP contribution in [0.25, 0.3) is 0 Å². The molecule has 14 atom stereocenters. The molecular weight excluding hydrogens is 776 g/mol. The van der Waals surface area contributed by atoms with E-state index in [2.05, 4.69) is 0 Å². The lowest BCUT2D eigenvalue weighted by atomic mass is 9.40. The van der Waals surface area contributed by atoms with Crippen LogP contribution in [-0.2, 0) is 55.9 Å². The molecule has 19 nitrogen and oxygen atoms in total. The van der Waals surface area contributed by atoms with Crippen molar-refractivity contribution in [3.05, 3.63) is 83.9 Å². The van der Waals surface area contributed by atoms with Gasteiger partial charge in [-0.3, -0.25) is 28.8 Å². The summed E-state index contributed by atoms with van der Waals surface area (Å²) in [6, 6.07) is 16.4. The van der Waals surface area contributed by atoms with Crippen molar-refractivity contribution in [2.45, 2.75) is 49.3 Å². The first-order chi connectivity index (χ1) is 28.1. The van der Waals surface area contributed by atoms with Gasteiger partial charge in [0.05, 0.1) is 30.3 Å². The van der Waals surface area contributed by atoms with E-state index in [1.54, 1.807) is 0 Å². The summed E-state index contributed by atoms with van der Waals surface area (Å²) in [6.45, 7) is -1.92. The Hall–Kier alpha value is -5.41. The zero-order valence-electron chi connectivity index (χ0n) is 31.5. The van der Waals surface area contributed by atoms with Gasteiger partial charge in [-0.1, -0.05) is 72.8 Å². The highest BCUT2D eigenvalue weighted by Gasteiger charge is 2.75. The van der Waals surface area contributed by atoms with E-state index in [-0.39, 0.29) is 24.7 Å². The number of carbonyl (C=O) groups is 7. The number of rotatable bonds is 15. The Balaban J connectivity index is 0.000000390. The Morgan fingerprint density at radius 1 is 0.610 bits per heavy atom. The van der Waals surface area contributed by atoms with Gasteiger partial charge in [-0.05, 0) is 47.6 Å². The largest absolute Gasteiger partial charge is 0.479 e. The first-order valence-corrected chi connectivity index (χ1v) is 19.0. The van der Waals surface area contributed by atoms with Gasteiger partial charge in [0, 0.05) is 0 Å². The first-order valence-electron chi connectivity index (χ1n) is 19.0. The number of ether oxygens (including phenoxy) is 2. The van der Waals surface area contributed by atoms with Crippen molar-refractivity contribution in [1.29, 1.82) is 0 Å². The fraction of sp³-hybridized carbons (Fsp3) is 0.475. The van der Waals surface area contributed by atoms with E-state index < -0.39 is 134 Å². The van der Waals surface area contributed by atoms with Crippen LogP contribution in [0.2, 0.25) is 0 Å². The molecule has 0 spiro atoms. The molecule has 4 amide bonds. The number of allylic oxidation sites excluding steroid dienone is 2. The van der Waals surface area contributed by atoms with E-state index in [0.29, 0.717) is 0 Å². The van der Waals surface area contributed by atoms with Crippen molar-refractivity contribution in [1.82, 2.24) is 9.80 Å². The molecule has 2 saturated heterocycles. The molecule has 8 rings (SSSR count). The van der Waals surface area contributed by atoms with Crippen LogP contribution in [0.1, 0.15) is 11.1 Å². The summed E-state index contributed by atoms with van der Waals surface area (Å²) < 4.78 is 10.6. The molecule has 0 aromatic heterocycles. The molecule has 4 aliphatic carbocycles. The summed E-state index contributed by atoms with van der Waals surface area (Å²) in [5.74, 6) is -9.26. The fourth-order valence-corrected chi connectivity index (χ4v) is 9.02. The molecule has 59 heavy (non-hydrogen) atoms. The second-order valence-electron chi connectivity index (χ2n) is 15.3. The molecule has 0 radical (unpaired) electrons. The third-order valence-electron chi connectivity index (χ3n) is 11.9. The third kappa shape index (κ3) is 8.27. The minimum absolute atomic E-state index is 0.242. The third-order valence-corrected chi connectivity index (χ3v) is 11.9. The standard InChI is InChI=1S/C34H34N4O8.C6H12O7/c35-21(13-17-7-3-1-4-8-17)33(43)45-15-37-29(39)25-19-11-12-20(26(25)30(37)40)24-23(19)27-28(24)32(42)38(31(27)41)16-46-34(44)22(36)14-18-9-5-2-6-10-18;7-1-2(8)3(9)4(10)5(11)6(12)13/h1-12,19-28H,13-16,35-36H2;2-5,7-11H,1H2,(H,12,13)/t;2-,3-,4+,5-/m.1/s1. The Kier molecular flexibility index (Phi) is 13.1. The number of aliphatic hydroxyl groups excluding tert-OH is 5. The van der Waals surface area contributed by atoms with Crippen LogP contribution >= 0.6 is 0 Å². The Labute approximate surface area is 336 Å². The molecule has 10 unspecified atom stereocenters. The predicted octanol–water partition coefficient (Wildman–Crippen LogP) is -3.10. The average Bonchev–Trinajstić information content (AvgIpc) is 3.60. The maximum absolute atomic E-state index is 13.6. The molecule has 316 valence electrons. The SMILES string of the molecule is NC(Cc1ccccc1)C(=O)OCN1C(=O)C2C3C=CC(C2C1=O)C1C2C(=O)N(COC(=O)C(N)Cc4ccccc4)C(=O)C2C31.O=C(O)[C@H](O)[C@@H](O)[C@H](O)[C@H](O)CO. The number of amides is 4. The number of nitrogens with zero attached hydrogens (tertiary/aromatic N) is 2. The number of hydrogen-bond acceptors (Lipinski definition) is 16. The number of carbonyl (C=O) groups excluding carboxylic acids is 6. The molecular formula is C40H46N4O15. The number of esters is 2. The van der Waals surface area contributed by atoms with Crippen molar-refractivity contribution in [2.75, 3.05) is 20.1 Å². The Morgan fingerprint density at radius 3 is 1.34 bits per heavy atom. The molecule has 2 aliphatic heterocycles. The molecule has 2 aromatic rings. The van der Waals surface area contributed by atoms with Crippen LogP contribution < -0.4 is 11.5 Å². The second-order valence-corrected chi connectivity index (χ2v) is 15.3. The van der Waals surface area contributed by atoms with Gasteiger partial charge < -0.3 is 51.6 Å². The minimum atomic E-state index is -2.20. The highest BCUT2D eigenvalue weighted by Crippen LogP contribution is 2.68. The van der Waals surface area contributed by atoms with E-state index >= 15 is 0 Å². The fourth-order valence-electron chi connectivity index (χ4n) is 9.02. The van der Waals surface area contributed by atoms with Crippen molar-refractivity contribution in [3.8, 4) is 0 Å². The Bertz CT molecular complexity index is 1910. The van der Waals surface area contributed by atoms with Crippen LogP contribution in [-0.4, -0.2) is 139 Å². The first kappa shape index (κ1) is 43.2. The molecule has 19 heteroatoms.